The van der Waals surface area contributed by atoms with E-state index in [4.69, 9.17) is 12.3 Å². The highest BCUT2D eigenvalue weighted by Gasteiger charge is 2.18. The molecule has 0 fully saturated rings. The molecule has 1 atom stereocenters. The molecule has 0 heterocycles. The van der Waals surface area contributed by atoms with E-state index in [1.165, 1.54) is 11.1 Å². The van der Waals surface area contributed by atoms with Gasteiger partial charge in [-0.2, -0.15) is 0 Å². The fourth-order valence-corrected chi connectivity index (χ4v) is 1.71. The maximum atomic E-state index is 6.85. The van der Waals surface area contributed by atoms with Gasteiger partial charge in [0.2, 0.25) is 0 Å². The van der Waals surface area contributed by atoms with E-state index < -0.39 is 0 Å². The van der Waals surface area contributed by atoms with Gasteiger partial charge in [-0.25, -0.2) is 4.85 Å². The minimum Gasteiger partial charge on any atom is -0.324 e. The molecule has 0 saturated carbocycles. The molecule has 1 aliphatic carbocycles. The van der Waals surface area contributed by atoms with Crippen LogP contribution in [0.25, 0.3) is 4.85 Å². The molecule has 12 heavy (non-hydrogen) atoms. The zero-order valence-electron chi connectivity index (χ0n) is 6.75. The largest absolute Gasteiger partial charge is 0.324 e. The van der Waals surface area contributed by atoms with Gasteiger partial charge in [-0.1, -0.05) is 23.8 Å². The summed E-state index contributed by atoms with van der Waals surface area (Å²) in [5, 5.41) is 0. The lowest BCUT2D eigenvalue weighted by molar-refractivity contribution is 0.713. The van der Waals surface area contributed by atoms with Crippen LogP contribution in [0.3, 0.4) is 0 Å². The summed E-state index contributed by atoms with van der Waals surface area (Å²) in [6.07, 6.45) is 2.05. The molecule has 1 aromatic rings. The van der Waals surface area contributed by atoms with Crippen LogP contribution in [0.2, 0.25) is 0 Å². The van der Waals surface area contributed by atoms with Crippen molar-refractivity contribution in [1.82, 2.24) is 0 Å². The SMILES string of the molecule is [C-]#[N+]c1ccc2c(c1)CC[C@@H]2N. The third kappa shape index (κ3) is 0.992. The number of hydrogen-bond donors (Lipinski definition) is 1. The van der Waals surface area contributed by atoms with E-state index in [1.807, 2.05) is 18.2 Å². The summed E-state index contributed by atoms with van der Waals surface area (Å²) >= 11 is 0. The lowest BCUT2D eigenvalue weighted by Gasteiger charge is -2.03. The summed E-state index contributed by atoms with van der Waals surface area (Å²) in [5.41, 5.74) is 9.07. The van der Waals surface area contributed by atoms with Crippen LogP contribution < -0.4 is 5.73 Å². The Hall–Kier alpha value is -1.33. The molecule has 2 heteroatoms. The van der Waals surface area contributed by atoms with E-state index in [-0.39, 0.29) is 6.04 Å². The third-order valence-electron chi connectivity index (χ3n) is 2.38. The van der Waals surface area contributed by atoms with Gasteiger partial charge in [0, 0.05) is 6.04 Å². The first-order valence-electron chi connectivity index (χ1n) is 4.07. The van der Waals surface area contributed by atoms with E-state index >= 15 is 0 Å². The van der Waals surface area contributed by atoms with E-state index in [1.54, 1.807) is 0 Å². The summed E-state index contributed by atoms with van der Waals surface area (Å²) < 4.78 is 0. The van der Waals surface area contributed by atoms with Crippen molar-refractivity contribution in [2.75, 3.05) is 0 Å². The molecule has 0 amide bonds. The smallest absolute Gasteiger partial charge is 0.187 e. The van der Waals surface area contributed by atoms with Crippen LogP contribution in [0.5, 0.6) is 0 Å². The second-order valence-corrected chi connectivity index (χ2v) is 3.14. The van der Waals surface area contributed by atoms with Crippen molar-refractivity contribution in [3.8, 4) is 0 Å². The summed E-state index contributed by atoms with van der Waals surface area (Å²) in [6, 6.07) is 5.98. The van der Waals surface area contributed by atoms with Crippen LogP contribution in [0.4, 0.5) is 5.69 Å². The number of fused-ring (bicyclic) bond motifs is 1. The van der Waals surface area contributed by atoms with Crippen molar-refractivity contribution in [1.29, 1.82) is 0 Å². The molecule has 1 aromatic carbocycles. The Morgan fingerprint density at radius 2 is 2.33 bits per heavy atom. The molecule has 0 radical (unpaired) electrons. The highest BCUT2D eigenvalue weighted by atomic mass is 14.7. The first-order valence-corrected chi connectivity index (χ1v) is 4.07. The zero-order chi connectivity index (χ0) is 8.55. The predicted molar refractivity (Wildman–Crippen MR) is 48.0 cm³/mol. The van der Waals surface area contributed by atoms with Crippen molar-refractivity contribution in [3.05, 3.63) is 40.7 Å². The summed E-state index contributed by atoms with van der Waals surface area (Å²) in [4.78, 5) is 3.38. The monoisotopic (exact) mass is 158 g/mol. The van der Waals surface area contributed by atoms with Gasteiger partial charge in [-0.3, -0.25) is 0 Å². The molecule has 2 nitrogen and oxygen atoms in total. The molecule has 0 spiro atoms. The van der Waals surface area contributed by atoms with Gasteiger partial charge in [0.1, 0.15) is 0 Å². The molecular formula is C10H10N2. The number of nitrogens with zero attached hydrogens (tertiary/aromatic N) is 1. The van der Waals surface area contributed by atoms with Crippen molar-refractivity contribution >= 4 is 5.69 Å². The average Bonchev–Trinajstić information content (AvgIpc) is 2.47. The van der Waals surface area contributed by atoms with E-state index in [2.05, 4.69) is 4.85 Å². The van der Waals surface area contributed by atoms with Gasteiger partial charge in [-0.15, -0.1) is 0 Å². The van der Waals surface area contributed by atoms with Crippen LogP contribution in [-0.4, -0.2) is 0 Å². The highest BCUT2D eigenvalue weighted by molar-refractivity contribution is 5.51. The van der Waals surface area contributed by atoms with Crippen molar-refractivity contribution in [3.63, 3.8) is 0 Å². The minimum atomic E-state index is 0.194. The summed E-state index contributed by atoms with van der Waals surface area (Å²) in [7, 11) is 0. The molecule has 0 aromatic heterocycles. The molecule has 60 valence electrons. The lowest BCUT2D eigenvalue weighted by Crippen LogP contribution is -2.04. The average molecular weight is 158 g/mol. The lowest BCUT2D eigenvalue weighted by atomic mass is 10.1. The first-order chi connectivity index (χ1) is 5.81. The van der Waals surface area contributed by atoms with E-state index in [9.17, 15) is 0 Å². The Morgan fingerprint density at radius 3 is 3.08 bits per heavy atom. The number of aryl methyl sites for hydroxylation is 1. The summed E-state index contributed by atoms with van der Waals surface area (Å²) in [6.45, 7) is 6.85. The minimum absolute atomic E-state index is 0.194. The Bertz CT molecular complexity index is 349. The Kier molecular flexibility index (Phi) is 1.60. The highest BCUT2D eigenvalue weighted by Crippen LogP contribution is 2.31. The second-order valence-electron chi connectivity index (χ2n) is 3.14. The van der Waals surface area contributed by atoms with Gasteiger partial charge in [-0.05, 0) is 18.4 Å². The van der Waals surface area contributed by atoms with Gasteiger partial charge < -0.3 is 5.73 Å². The zero-order valence-corrected chi connectivity index (χ0v) is 6.75. The quantitative estimate of drug-likeness (QED) is 0.576. The van der Waals surface area contributed by atoms with Crippen molar-refractivity contribution in [2.45, 2.75) is 18.9 Å². The maximum absolute atomic E-state index is 6.85. The van der Waals surface area contributed by atoms with Crippen LogP contribution in [-0.2, 0) is 6.42 Å². The number of benzene rings is 1. The molecule has 2 rings (SSSR count). The van der Waals surface area contributed by atoms with Crippen LogP contribution in [0.1, 0.15) is 23.6 Å². The third-order valence-corrected chi connectivity index (χ3v) is 2.38. The fourth-order valence-electron chi connectivity index (χ4n) is 1.71. The van der Waals surface area contributed by atoms with E-state index in [0.717, 1.165) is 18.5 Å². The normalized spacial score (nSPS) is 20.2. The fraction of sp³-hybridized carbons (Fsp3) is 0.300. The van der Waals surface area contributed by atoms with Gasteiger partial charge >= 0.3 is 0 Å². The first kappa shape index (κ1) is 7.33. The number of rotatable bonds is 0. The van der Waals surface area contributed by atoms with Gasteiger partial charge in [0.25, 0.3) is 0 Å². The molecular weight excluding hydrogens is 148 g/mol. The molecule has 1 aliphatic rings. The summed E-state index contributed by atoms with van der Waals surface area (Å²) in [5.74, 6) is 0. The van der Waals surface area contributed by atoms with Crippen LogP contribution in [0, 0.1) is 6.57 Å². The molecule has 0 aliphatic heterocycles. The Morgan fingerprint density at radius 1 is 1.50 bits per heavy atom. The van der Waals surface area contributed by atoms with Crippen LogP contribution >= 0.6 is 0 Å². The molecule has 0 bridgehead atoms. The maximum Gasteiger partial charge on any atom is 0.187 e. The Balaban J connectivity index is 2.50. The standard InChI is InChI=1S/C10H10N2/c1-12-8-3-4-9-7(6-8)2-5-10(9)11/h3-4,6,10H,2,5,11H2/t10-/m0/s1. The van der Waals surface area contributed by atoms with Crippen molar-refractivity contribution in [2.24, 2.45) is 5.73 Å². The predicted octanol–water partition coefficient (Wildman–Crippen LogP) is 2.18. The Labute approximate surface area is 71.8 Å². The number of nitrogens with two attached hydrogens (primary N) is 1. The number of hydrogen-bond acceptors (Lipinski definition) is 1. The molecule has 0 saturated heterocycles. The van der Waals surface area contributed by atoms with Crippen LogP contribution in [0.15, 0.2) is 18.2 Å². The molecule has 0 unspecified atom stereocenters. The van der Waals surface area contributed by atoms with Crippen molar-refractivity contribution < 1.29 is 0 Å². The van der Waals surface area contributed by atoms with E-state index in [0.29, 0.717) is 0 Å². The second kappa shape index (κ2) is 2.62. The molecule has 2 N–H and O–H groups in total. The van der Waals surface area contributed by atoms with Gasteiger partial charge in [0.15, 0.2) is 5.69 Å². The topological polar surface area (TPSA) is 30.4 Å². The van der Waals surface area contributed by atoms with Gasteiger partial charge in [0.05, 0.1) is 6.57 Å².